The number of nitrogens with one attached hydrogen (secondary N) is 1. The first-order valence-electron chi connectivity index (χ1n) is 7.17. The van der Waals surface area contributed by atoms with Gasteiger partial charge in [0.2, 0.25) is 5.91 Å². The Kier molecular flexibility index (Phi) is 9.61. The Balaban J connectivity index is 4.51. The molecule has 0 heterocycles. The number of allylic oxidation sites excluding steroid dienone is 8. The van der Waals surface area contributed by atoms with Crippen LogP contribution in [0, 0.1) is 5.92 Å². The van der Waals surface area contributed by atoms with Gasteiger partial charge in [-0.1, -0.05) is 68.2 Å². The molecule has 0 aliphatic rings. The molecule has 0 rings (SSSR count). The van der Waals surface area contributed by atoms with Gasteiger partial charge < -0.3 is 5.32 Å². The molecule has 1 atom stereocenters. The minimum absolute atomic E-state index is 0.0432. The molecule has 1 unspecified atom stereocenters. The number of carbonyl (C=O) groups excluding carboxylic acids is 1. The van der Waals surface area contributed by atoms with E-state index in [0.29, 0.717) is 6.54 Å². The van der Waals surface area contributed by atoms with E-state index in [0.717, 1.165) is 16.7 Å². The predicted molar refractivity (Wildman–Crippen MR) is 93.0 cm³/mol. The SMILES string of the molecule is C=C/C=C\C(C)=C(/C)C(=O)NCC(C)C(=C)/C=C\C=C/C. The number of amides is 1. The van der Waals surface area contributed by atoms with Gasteiger partial charge in [0.25, 0.3) is 0 Å². The number of hydrogen-bond acceptors (Lipinski definition) is 1. The maximum atomic E-state index is 12.0. The summed E-state index contributed by atoms with van der Waals surface area (Å²) in [6, 6.07) is 0. The zero-order valence-electron chi connectivity index (χ0n) is 13.6. The zero-order chi connectivity index (χ0) is 16.3. The van der Waals surface area contributed by atoms with Crippen molar-refractivity contribution in [1.29, 1.82) is 0 Å². The Labute approximate surface area is 129 Å². The van der Waals surface area contributed by atoms with Crippen LogP contribution in [0.25, 0.3) is 0 Å². The molecule has 0 aliphatic heterocycles. The Morgan fingerprint density at radius 1 is 1.19 bits per heavy atom. The molecule has 1 amide bonds. The minimum atomic E-state index is -0.0432. The van der Waals surface area contributed by atoms with Crippen LogP contribution in [-0.2, 0) is 4.79 Å². The van der Waals surface area contributed by atoms with Crippen LogP contribution >= 0.6 is 0 Å². The molecule has 0 aromatic carbocycles. The second-order valence-electron chi connectivity index (χ2n) is 4.97. The standard InChI is InChI=1S/C19H27NO/c1-7-9-11-13-15(3)17(5)14-20-19(21)18(6)16(4)12-10-8-2/h7-13,17H,2-3,14H2,1,4-6H3,(H,20,21)/b9-7-,12-10-,13-11-,18-16+. The van der Waals surface area contributed by atoms with Crippen molar-refractivity contribution in [2.75, 3.05) is 6.54 Å². The van der Waals surface area contributed by atoms with Crippen molar-refractivity contribution in [3.63, 3.8) is 0 Å². The molecule has 0 saturated carbocycles. The highest BCUT2D eigenvalue weighted by atomic mass is 16.1. The lowest BCUT2D eigenvalue weighted by molar-refractivity contribution is -0.117. The summed E-state index contributed by atoms with van der Waals surface area (Å²) in [5, 5.41) is 2.94. The largest absolute Gasteiger partial charge is 0.352 e. The lowest BCUT2D eigenvalue weighted by Gasteiger charge is -2.13. The summed E-state index contributed by atoms with van der Waals surface area (Å²) >= 11 is 0. The highest BCUT2D eigenvalue weighted by Crippen LogP contribution is 2.10. The lowest BCUT2D eigenvalue weighted by Crippen LogP contribution is -2.29. The molecule has 0 radical (unpaired) electrons. The lowest BCUT2D eigenvalue weighted by atomic mass is 10.0. The average Bonchev–Trinajstić information content (AvgIpc) is 2.48. The summed E-state index contributed by atoms with van der Waals surface area (Å²) < 4.78 is 0. The van der Waals surface area contributed by atoms with Crippen LogP contribution in [0.4, 0.5) is 0 Å². The van der Waals surface area contributed by atoms with Gasteiger partial charge in [-0.15, -0.1) is 0 Å². The van der Waals surface area contributed by atoms with Crippen LogP contribution in [0.15, 0.2) is 72.4 Å². The van der Waals surface area contributed by atoms with E-state index in [2.05, 4.69) is 18.5 Å². The smallest absolute Gasteiger partial charge is 0.247 e. The van der Waals surface area contributed by atoms with Crippen molar-refractivity contribution < 1.29 is 4.79 Å². The third kappa shape index (κ3) is 7.93. The van der Waals surface area contributed by atoms with Crippen LogP contribution in [-0.4, -0.2) is 12.5 Å². The zero-order valence-corrected chi connectivity index (χ0v) is 13.6. The first-order valence-corrected chi connectivity index (χ1v) is 7.17. The highest BCUT2D eigenvalue weighted by Gasteiger charge is 2.09. The van der Waals surface area contributed by atoms with E-state index < -0.39 is 0 Å². The summed E-state index contributed by atoms with van der Waals surface area (Å²) in [5.41, 5.74) is 2.65. The third-order valence-corrected chi connectivity index (χ3v) is 3.23. The van der Waals surface area contributed by atoms with Crippen LogP contribution in [0.3, 0.4) is 0 Å². The van der Waals surface area contributed by atoms with Gasteiger partial charge in [-0.05, 0) is 32.3 Å². The first kappa shape index (κ1) is 18.9. The van der Waals surface area contributed by atoms with E-state index in [-0.39, 0.29) is 11.8 Å². The summed E-state index contributed by atoms with van der Waals surface area (Å²) in [7, 11) is 0. The molecule has 2 heteroatoms. The summed E-state index contributed by atoms with van der Waals surface area (Å²) in [6.45, 7) is 16.0. The van der Waals surface area contributed by atoms with Gasteiger partial charge in [-0.25, -0.2) is 0 Å². The molecule has 0 bridgehead atoms. The van der Waals surface area contributed by atoms with Crippen molar-refractivity contribution in [1.82, 2.24) is 5.32 Å². The highest BCUT2D eigenvalue weighted by molar-refractivity contribution is 5.93. The van der Waals surface area contributed by atoms with Crippen molar-refractivity contribution in [2.24, 2.45) is 5.92 Å². The normalized spacial score (nSPS) is 14.5. The number of hydrogen-bond donors (Lipinski definition) is 1. The van der Waals surface area contributed by atoms with E-state index >= 15 is 0 Å². The Hall–Kier alpha value is -2.09. The molecule has 0 aliphatic carbocycles. The Morgan fingerprint density at radius 2 is 1.86 bits per heavy atom. The van der Waals surface area contributed by atoms with Crippen molar-refractivity contribution in [2.45, 2.75) is 27.7 Å². The Morgan fingerprint density at radius 3 is 2.43 bits per heavy atom. The second-order valence-corrected chi connectivity index (χ2v) is 4.97. The molecule has 0 fully saturated rings. The molecular weight excluding hydrogens is 258 g/mol. The van der Waals surface area contributed by atoms with Gasteiger partial charge in [-0.2, -0.15) is 0 Å². The van der Waals surface area contributed by atoms with Gasteiger partial charge in [0.1, 0.15) is 0 Å². The molecule has 21 heavy (non-hydrogen) atoms. The van der Waals surface area contributed by atoms with Gasteiger partial charge in [0.15, 0.2) is 0 Å². The maximum absolute atomic E-state index is 12.0. The monoisotopic (exact) mass is 285 g/mol. The van der Waals surface area contributed by atoms with E-state index in [1.54, 1.807) is 6.08 Å². The first-order chi connectivity index (χ1) is 9.93. The average molecular weight is 285 g/mol. The molecule has 1 N–H and O–H groups in total. The summed E-state index contributed by atoms with van der Waals surface area (Å²) in [6.07, 6.45) is 13.2. The number of carbonyl (C=O) groups is 1. The van der Waals surface area contributed by atoms with E-state index in [1.807, 2.05) is 64.2 Å². The topological polar surface area (TPSA) is 29.1 Å². The van der Waals surface area contributed by atoms with Crippen molar-refractivity contribution >= 4 is 5.91 Å². The number of rotatable bonds is 8. The van der Waals surface area contributed by atoms with Gasteiger partial charge in [0, 0.05) is 12.1 Å². The quantitative estimate of drug-likeness (QED) is 0.516. The van der Waals surface area contributed by atoms with E-state index in [1.165, 1.54) is 0 Å². The summed E-state index contributed by atoms with van der Waals surface area (Å²) in [4.78, 5) is 12.0. The minimum Gasteiger partial charge on any atom is -0.352 e. The fourth-order valence-electron chi connectivity index (χ4n) is 1.48. The fourth-order valence-corrected chi connectivity index (χ4v) is 1.48. The molecule has 0 aromatic heterocycles. The van der Waals surface area contributed by atoms with Crippen LogP contribution in [0.2, 0.25) is 0 Å². The van der Waals surface area contributed by atoms with Crippen LogP contribution < -0.4 is 5.32 Å². The molecular formula is C19H27NO. The molecule has 0 saturated heterocycles. The molecule has 2 nitrogen and oxygen atoms in total. The van der Waals surface area contributed by atoms with Gasteiger partial charge in [0.05, 0.1) is 0 Å². The van der Waals surface area contributed by atoms with Crippen LogP contribution in [0.5, 0.6) is 0 Å². The third-order valence-electron chi connectivity index (χ3n) is 3.23. The Bertz CT molecular complexity index is 490. The van der Waals surface area contributed by atoms with Gasteiger partial charge in [-0.3, -0.25) is 4.79 Å². The van der Waals surface area contributed by atoms with E-state index in [4.69, 9.17) is 0 Å². The molecule has 114 valence electrons. The second kappa shape index (κ2) is 10.7. The molecule has 0 spiro atoms. The summed E-state index contributed by atoms with van der Waals surface area (Å²) in [5.74, 6) is 0.158. The fraction of sp³-hybridized carbons (Fsp3) is 0.316. The van der Waals surface area contributed by atoms with E-state index in [9.17, 15) is 4.79 Å². The van der Waals surface area contributed by atoms with Crippen LogP contribution in [0.1, 0.15) is 27.7 Å². The van der Waals surface area contributed by atoms with Gasteiger partial charge >= 0.3 is 0 Å². The van der Waals surface area contributed by atoms with Crippen molar-refractivity contribution in [3.8, 4) is 0 Å². The predicted octanol–water partition coefficient (Wildman–Crippen LogP) is 4.51. The van der Waals surface area contributed by atoms with Crippen molar-refractivity contribution in [3.05, 3.63) is 72.4 Å². The molecule has 0 aromatic rings. The maximum Gasteiger partial charge on any atom is 0.247 e.